The summed E-state index contributed by atoms with van der Waals surface area (Å²) in [4.78, 5) is 11.7. The molecule has 1 unspecified atom stereocenters. The van der Waals surface area contributed by atoms with Gasteiger partial charge in [-0.1, -0.05) is 43.7 Å². The lowest BCUT2D eigenvalue weighted by molar-refractivity contribution is -0.121. The maximum Gasteiger partial charge on any atom is 0.220 e. The van der Waals surface area contributed by atoms with Crippen molar-refractivity contribution in [1.29, 1.82) is 0 Å². The Labute approximate surface area is 116 Å². The van der Waals surface area contributed by atoms with Crippen LogP contribution in [0.5, 0.6) is 0 Å². The first-order valence-corrected chi connectivity index (χ1v) is 7.05. The fourth-order valence-electron chi connectivity index (χ4n) is 2.03. The SMILES string of the molecule is Cc1ccc(CCC(=O)NCC(N)CC(C)C)cc1. The van der Waals surface area contributed by atoms with Gasteiger partial charge in [-0.2, -0.15) is 0 Å². The minimum atomic E-state index is 0.0586. The summed E-state index contributed by atoms with van der Waals surface area (Å²) >= 11 is 0. The maximum atomic E-state index is 11.7. The molecule has 1 aromatic rings. The highest BCUT2D eigenvalue weighted by atomic mass is 16.1. The molecule has 3 N–H and O–H groups in total. The second-order valence-corrected chi connectivity index (χ2v) is 5.68. The number of hydrogen-bond donors (Lipinski definition) is 2. The Bertz CT molecular complexity index is 384. The first-order chi connectivity index (χ1) is 8.97. The van der Waals surface area contributed by atoms with Crippen molar-refractivity contribution in [3.05, 3.63) is 35.4 Å². The molecule has 0 spiro atoms. The summed E-state index contributed by atoms with van der Waals surface area (Å²) in [5.74, 6) is 0.652. The lowest BCUT2D eigenvalue weighted by atomic mass is 10.0. The molecule has 0 saturated heterocycles. The quantitative estimate of drug-likeness (QED) is 0.793. The standard InChI is InChI=1S/C16H26N2O/c1-12(2)10-15(17)11-18-16(19)9-8-14-6-4-13(3)5-7-14/h4-7,12,15H,8-11,17H2,1-3H3,(H,18,19). The fraction of sp³-hybridized carbons (Fsp3) is 0.562. The van der Waals surface area contributed by atoms with Gasteiger partial charge < -0.3 is 11.1 Å². The third-order valence-electron chi connectivity index (χ3n) is 3.10. The Kier molecular flexibility index (Phi) is 6.57. The topological polar surface area (TPSA) is 55.1 Å². The van der Waals surface area contributed by atoms with E-state index in [1.165, 1.54) is 11.1 Å². The summed E-state index contributed by atoms with van der Waals surface area (Å²) in [6.07, 6.45) is 2.25. The van der Waals surface area contributed by atoms with Crippen molar-refractivity contribution in [3.63, 3.8) is 0 Å². The lowest BCUT2D eigenvalue weighted by Crippen LogP contribution is -2.38. The number of hydrogen-bond acceptors (Lipinski definition) is 2. The molecule has 3 heteroatoms. The van der Waals surface area contributed by atoms with Crippen molar-refractivity contribution in [2.24, 2.45) is 11.7 Å². The molecule has 0 saturated carbocycles. The second kappa shape index (κ2) is 7.95. The van der Waals surface area contributed by atoms with Crippen molar-refractivity contribution in [2.45, 2.75) is 46.1 Å². The normalized spacial score (nSPS) is 12.5. The van der Waals surface area contributed by atoms with Gasteiger partial charge in [-0.15, -0.1) is 0 Å². The molecule has 0 fully saturated rings. The Morgan fingerprint density at radius 3 is 2.47 bits per heavy atom. The highest BCUT2D eigenvalue weighted by Crippen LogP contribution is 2.06. The highest BCUT2D eigenvalue weighted by Gasteiger charge is 2.07. The van der Waals surface area contributed by atoms with E-state index >= 15 is 0 Å². The monoisotopic (exact) mass is 262 g/mol. The molecular weight excluding hydrogens is 236 g/mol. The fourth-order valence-corrected chi connectivity index (χ4v) is 2.03. The van der Waals surface area contributed by atoms with Gasteiger partial charge in [0.05, 0.1) is 0 Å². The van der Waals surface area contributed by atoms with E-state index in [0.29, 0.717) is 18.9 Å². The van der Waals surface area contributed by atoms with Gasteiger partial charge in [-0.3, -0.25) is 4.79 Å². The van der Waals surface area contributed by atoms with E-state index in [4.69, 9.17) is 5.73 Å². The molecule has 3 nitrogen and oxygen atoms in total. The zero-order valence-electron chi connectivity index (χ0n) is 12.3. The molecule has 1 atom stereocenters. The molecule has 1 amide bonds. The lowest BCUT2D eigenvalue weighted by Gasteiger charge is -2.14. The van der Waals surface area contributed by atoms with E-state index < -0.39 is 0 Å². The van der Waals surface area contributed by atoms with Gasteiger partial charge in [-0.05, 0) is 31.2 Å². The number of benzene rings is 1. The van der Waals surface area contributed by atoms with Crippen LogP contribution in [-0.4, -0.2) is 18.5 Å². The minimum absolute atomic E-state index is 0.0586. The summed E-state index contributed by atoms with van der Waals surface area (Å²) in [5, 5.41) is 2.91. The van der Waals surface area contributed by atoms with Crippen molar-refractivity contribution in [3.8, 4) is 0 Å². The van der Waals surface area contributed by atoms with Crippen LogP contribution in [0.1, 0.15) is 37.8 Å². The van der Waals surface area contributed by atoms with Gasteiger partial charge in [0.1, 0.15) is 0 Å². The Balaban J connectivity index is 2.22. The molecule has 19 heavy (non-hydrogen) atoms. The molecule has 0 radical (unpaired) electrons. The van der Waals surface area contributed by atoms with E-state index in [-0.39, 0.29) is 11.9 Å². The summed E-state index contributed by atoms with van der Waals surface area (Å²) in [6.45, 7) is 6.91. The average molecular weight is 262 g/mol. The van der Waals surface area contributed by atoms with E-state index in [9.17, 15) is 4.79 Å². The predicted molar refractivity (Wildman–Crippen MR) is 79.9 cm³/mol. The third-order valence-corrected chi connectivity index (χ3v) is 3.10. The summed E-state index contributed by atoms with van der Waals surface area (Å²) in [6, 6.07) is 8.36. The molecule has 0 aliphatic rings. The van der Waals surface area contributed by atoms with Crippen molar-refractivity contribution in [2.75, 3.05) is 6.54 Å². The third kappa shape index (κ3) is 6.97. The Morgan fingerprint density at radius 1 is 1.26 bits per heavy atom. The van der Waals surface area contributed by atoms with Gasteiger partial charge in [0, 0.05) is 19.0 Å². The number of nitrogens with two attached hydrogens (primary N) is 1. The number of carbonyl (C=O) groups is 1. The van der Waals surface area contributed by atoms with E-state index in [2.05, 4.69) is 50.4 Å². The number of nitrogens with one attached hydrogen (secondary N) is 1. The largest absolute Gasteiger partial charge is 0.355 e. The molecule has 106 valence electrons. The summed E-state index contributed by atoms with van der Waals surface area (Å²) < 4.78 is 0. The minimum Gasteiger partial charge on any atom is -0.355 e. The molecule has 0 aromatic heterocycles. The van der Waals surface area contributed by atoms with Crippen LogP contribution in [-0.2, 0) is 11.2 Å². The van der Waals surface area contributed by atoms with E-state index in [0.717, 1.165) is 12.8 Å². The summed E-state index contributed by atoms with van der Waals surface area (Å²) in [7, 11) is 0. The number of amides is 1. The Morgan fingerprint density at radius 2 is 1.89 bits per heavy atom. The van der Waals surface area contributed by atoms with Crippen LogP contribution < -0.4 is 11.1 Å². The van der Waals surface area contributed by atoms with Gasteiger partial charge in [0.25, 0.3) is 0 Å². The van der Waals surface area contributed by atoms with Crippen LogP contribution in [0, 0.1) is 12.8 Å². The highest BCUT2D eigenvalue weighted by molar-refractivity contribution is 5.76. The number of rotatable bonds is 7. The summed E-state index contributed by atoms with van der Waals surface area (Å²) in [5.41, 5.74) is 8.38. The molecule has 1 aromatic carbocycles. The van der Waals surface area contributed by atoms with Crippen LogP contribution >= 0.6 is 0 Å². The zero-order chi connectivity index (χ0) is 14.3. The smallest absolute Gasteiger partial charge is 0.220 e. The second-order valence-electron chi connectivity index (χ2n) is 5.68. The molecule has 0 heterocycles. The molecule has 0 bridgehead atoms. The van der Waals surface area contributed by atoms with Crippen molar-refractivity contribution < 1.29 is 4.79 Å². The zero-order valence-corrected chi connectivity index (χ0v) is 12.3. The van der Waals surface area contributed by atoms with Crippen LogP contribution in [0.2, 0.25) is 0 Å². The van der Waals surface area contributed by atoms with Crippen LogP contribution in [0.3, 0.4) is 0 Å². The van der Waals surface area contributed by atoms with Crippen molar-refractivity contribution >= 4 is 5.91 Å². The number of carbonyl (C=O) groups excluding carboxylic acids is 1. The van der Waals surface area contributed by atoms with Crippen LogP contribution in [0.15, 0.2) is 24.3 Å². The maximum absolute atomic E-state index is 11.7. The van der Waals surface area contributed by atoms with Crippen LogP contribution in [0.4, 0.5) is 0 Å². The van der Waals surface area contributed by atoms with Crippen molar-refractivity contribution in [1.82, 2.24) is 5.32 Å². The average Bonchev–Trinajstić information content (AvgIpc) is 2.35. The number of aryl methyl sites for hydroxylation is 2. The van der Waals surface area contributed by atoms with Gasteiger partial charge >= 0.3 is 0 Å². The van der Waals surface area contributed by atoms with E-state index in [1.54, 1.807) is 0 Å². The molecular formula is C16H26N2O. The van der Waals surface area contributed by atoms with Gasteiger partial charge in [0.2, 0.25) is 5.91 Å². The Hall–Kier alpha value is -1.35. The first kappa shape index (κ1) is 15.7. The molecule has 0 aliphatic carbocycles. The first-order valence-electron chi connectivity index (χ1n) is 7.05. The molecule has 1 rings (SSSR count). The molecule has 0 aliphatic heterocycles. The van der Waals surface area contributed by atoms with E-state index in [1.807, 2.05) is 0 Å². The van der Waals surface area contributed by atoms with Gasteiger partial charge in [-0.25, -0.2) is 0 Å². The van der Waals surface area contributed by atoms with Crippen LogP contribution in [0.25, 0.3) is 0 Å². The van der Waals surface area contributed by atoms with Gasteiger partial charge in [0.15, 0.2) is 0 Å². The predicted octanol–water partition coefficient (Wildman–Crippen LogP) is 2.42.